The van der Waals surface area contributed by atoms with Gasteiger partial charge in [0, 0.05) is 18.5 Å². The number of primary sulfonamides is 1. The van der Waals surface area contributed by atoms with E-state index in [9.17, 15) is 12.8 Å². The Bertz CT molecular complexity index is 847. The quantitative estimate of drug-likeness (QED) is 0.551. The molecule has 24 heavy (non-hydrogen) atoms. The summed E-state index contributed by atoms with van der Waals surface area (Å²) in [5.74, 6) is 0.326. The van der Waals surface area contributed by atoms with Gasteiger partial charge in [-0.25, -0.2) is 17.9 Å². The maximum Gasteiger partial charge on any atom is 0.247 e. The van der Waals surface area contributed by atoms with E-state index in [1.54, 1.807) is 32.2 Å². The van der Waals surface area contributed by atoms with Gasteiger partial charge in [0.2, 0.25) is 10.0 Å². The molecule has 6 nitrogen and oxygen atoms in total. The van der Waals surface area contributed by atoms with E-state index < -0.39 is 10.0 Å². The van der Waals surface area contributed by atoms with Crippen molar-refractivity contribution >= 4 is 27.3 Å². The van der Waals surface area contributed by atoms with Gasteiger partial charge in [-0.1, -0.05) is 12.1 Å². The average molecular weight is 370 g/mol. The van der Waals surface area contributed by atoms with Crippen molar-refractivity contribution in [2.24, 2.45) is 10.1 Å². The zero-order valence-electron chi connectivity index (χ0n) is 13.3. The lowest BCUT2D eigenvalue weighted by Crippen LogP contribution is -2.36. The fourth-order valence-electron chi connectivity index (χ4n) is 2.00. The van der Waals surface area contributed by atoms with Crippen LogP contribution in [0.25, 0.3) is 0 Å². The summed E-state index contributed by atoms with van der Waals surface area (Å²) < 4.78 is 35.9. The lowest BCUT2D eigenvalue weighted by atomic mass is 10.1. The molecule has 0 fully saturated rings. The number of rotatable bonds is 5. The van der Waals surface area contributed by atoms with Crippen LogP contribution in [0.2, 0.25) is 0 Å². The monoisotopic (exact) mass is 370 g/mol. The molecule has 0 bridgehead atoms. The minimum Gasteiger partial charge on any atom is -0.352 e. The molecule has 1 heterocycles. The van der Waals surface area contributed by atoms with E-state index in [1.807, 2.05) is 0 Å². The molecule has 1 aromatic heterocycles. The van der Waals surface area contributed by atoms with Gasteiger partial charge in [-0.15, -0.1) is 11.3 Å². The van der Waals surface area contributed by atoms with Crippen LogP contribution >= 0.6 is 11.3 Å². The highest BCUT2D eigenvalue weighted by Gasteiger charge is 2.11. The summed E-state index contributed by atoms with van der Waals surface area (Å²) in [6.07, 6.45) is 0. The van der Waals surface area contributed by atoms with Crippen molar-refractivity contribution in [3.05, 3.63) is 52.2 Å². The zero-order chi connectivity index (χ0) is 17.7. The first-order valence-electron chi connectivity index (χ1n) is 7.10. The Hall–Kier alpha value is -1.97. The van der Waals surface area contributed by atoms with Crippen molar-refractivity contribution < 1.29 is 12.8 Å². The molecule has 0 aliphatic heterocycles. The Kier molecular flexibility index (Phi) is 5.92. The first-order valence-corrected chi connectivity index (χ1v) is 9.47. The number of halogens is 1. The summed E-state index contributed by atoms with van der Waals surface area (Å²) in [7, 11) is -2.03. The summed E-state index contributed by atoms with van der Waals surface area (Å²) in [4.78, 5) is 4.91. The van der Waals surface area contributed by atoms with Gasteiger partial charge < -0.3 is 10.6 Å². The lowest BCUT2D eigenvalue weighted by molar-refractivity contribution is 0.600. The van der Waals surface area contributed by atoms with E-state index in [2.05, 4.69) is 15.6 Å². The third-order valence-corrected chi connectivity index (χ3v) is 5.78. The van der Waals surface area contributed by atoms with Crippen molar-refractivity contribution in [3.8, 4) is 0 Å². The topological polar surface area (TPSA) is 96.6 Å². The first kappa shape index (κ1) is 18.4. The minimum absolute atomic E-state index is 0.129. The van der Waals surface area contributed by atoms with Gasteiger partial charge in [-0.2, -0.15) is 0 Å². The number of aliphatic imine (C=N–C) groups is 1. The van der Waals surface area contributed by atoms with Gasteiger partial charge in [0.15, 0.2) is 5.96 Å². The van der Waals surface area contributed by atoms with Crippen LogP contribution in [0.15, 0.2) is 39.5 Å². The Morgan fingerprint density at radius 2 is 1.96 bits per heavy atom. The third-order valence-electron chi connectivity index (χ3n) is 3.25. The second-order valence-electron chi connectivity index (χ2n) is 5.13. The predicted molar refractivity (Wildman–Crippen MR) is 93.9 cm³/mol. The number of nitrogens with one attached hydrogen (secondary N) is 2. The van der Waals surface area contributed by atoms with Gasteiger partial charge in [0.25, 0.3) is 0 Å². The normalized spacial score (nSPS) is 12.2. The van der Waals surface area contributed by atoms with E-state index in [0.717, 1.165) is 21.8 Å². The molecule has 1 aromatic carbocycles. The molecule has 0 saturated heterocycles. The Labute approximate surface area is 144 Å². The number of thiophene rings is 1. The van der Waals surface area contributed by atoms with Crippen LogP contribution in [-0.2, 0) is 23.1 Å². The van der Waals surface area contributed by atoms with E-state index in [0.29, 0.717) is 24.6 Å². The molecule has 4 N–H and O–H groups in total. The molecular formula is C15H19FN4O2S2. The zero-order valence-corrected chi connectivity index (χ0v) is 15.0. The highest BCUT2D eigenvalue weighted by atomic mass is 32.2. The largest absolute Gasteiger partial charge is 0.352 e. The summed E-state index contributed by atoms with van der Waals surface area (Å²) in [5, 5.41) is 11.3. The van der Waals surface area contributed by atoms with E-state index >= 15 is 0 Å². The lowest BCUT2D eigenvalue weighted by Gasteiger charge is -2.11. The van der Waals surface area contributed by atoms with Gasteiger partial charge in [0.05, 0.1) is 6.54 Å². The maximum atomic E-state index is 13.3. The van der Waals surface area contributed by atoms with Gasteiger partial charge >= 0.3 is 0 Å². The summed E-state index contributed by atoms with van der Waals surface area (Å²) in [5.41, 5.74) is 1.52. The molecule has 0 aliphatic carbocycles. The highest BCUT2D eigenvalue weighted by molar-refractivity contribution is 7.91. The van der Waals surface area contributed by atoms with Crippen molar-refractivity contribution in [2.45, 2.75) is 24.2 Å². The number of nitrogens with two attached hydrogens (primary N) is 1. The Morgan fingerprint density at radius 3 is 2.54 bits per heavy atom. The molecular weight excluding hydrogens is 351 g/mol. The van der Waals surface area contributed by atoms with Gasteiger partial charge in [0.1, 0.15) is 10.0 Å². The second kappa shape index (κ2) is 7.73. The van der Waals surface area contributed by atoms with Crippen molar-refractivity contribution in [1.29, 1.82) is 0 Å². The second-order valence-corrected chi connectivity index (χ2v) is 8.09. The predicted octanol–water partition coefficient (Wildman–Crippen LogP) is 1.71. The number of hydrogen-bond acceptors (Lipinski definition) is 4. The molecule has 9 heteroatoms. The van der Waals surface area contributed by atoms with E-state index in [1.165, 1.54) is 12.1 Å². The fourth-order valence-corrected chi connectivity index (χ4v) is 3.72. The third kappa shape index (κ3) is 5.02. The standard InChI is InChI=1S/C15H19FN4O2S2/c1-10-7-11(3-5-13(10)16)8-19-15(18-2)20-9-12-4-6-14(23-12)24(17,21)22/h3-7H,8-9H2,1-2H3,(H2,17,21,22)(H2,18,19,20). The number of sulfonamides is 1. The molecule has 0 spiro atoms. The molecule has 0 unspecified atom stereocenters. The van der Waals surface area contributed by atoms with Crippen LogP contribution in [-0.4, -0.2) is 21.4 Å². The minimum atomic E-state index is -3.67. The van der Waals surface area contributed by atoms with Crippen LogP contribution in [0, 0.1) is 12.7 Å². The molecule has 2 aromatic rings. The maximum absolute atomic E-state index is 13.3. The van der Waals surface area contributed by atoms with E-state index in [4.69, 9.17) is 5.14 Å². The van der Waals surface area contributed by atoms with Crippen molar-refractivity contribution in [2.75, 3.05) is 7.05 Å². The Morgan fingerprint density at radius 1 is 1.25 bits per heavy atom. The first-order chi connectivity index (χ1) is 11.3. The molecule has 0 atom stereocenters. The van der Waals surface area contributed by atoms with Crippen molar-refractivity contribution in [3.63, 3.8) is 0 Å². The average Bonchev–Trinajstić information content (AvgIpc) is 3.00. The van der Waals surface area contributed by atoms with E-state index in [-0.39, 0.29) is 10.0 Å². The van der Waals surface area contributed by atoms with Crippen LogP contribution in [0.5, 0.6) is 0 Å². The summed E-state index contributed by atoms with van der Waals surface area (Å²) >= 11 is 1.11. The van der Waals surface area contributed by atoms with Crippen LogP contribution in [0.1, 0.15) is 16.0 Å². The number of guanidine groups is 1. The van der Waals surface area contributed by atoms with Gasteiger partial charge in [-0.05, 0) is 36.2 Å². The number of nitrogens with zero attached hydrogens (tertiary/aromatic N) is 1. The number of hydrogen-bond donors (Lipinski definition) is 3. The molecule has 130 valence electrons. The van der Waals surface area contributed by atoms with Crippen LogP contribution in [0.4, 0.5) is 4.39 Å². The molecule has 0 aliphatic rings. The number of aryl methyl sites for hydroxylation is 1. The van der Waals surface area contributed by atoms with Crippen LogP contribution in [0.3, 0.4) is 0 Å². The smallest absolute Gasteiger partial charge is 0.247 e. The SMILES string of the molecule is CN=C(NCc1ccc(F)c(C)c1)NCc1ccc(S(N)(=O)=O)s1. The van der Waals surface area contributed by atoms with Gasteiger partial charge in [-0.3, -0.25) is 4.99 Å². The fraction of sp³-hybridized carbons (Fsp3) is 0.267. The van der Waals surface area contributed by atoms with Crippen LogP contribution < -0.4 is 15.8 Å². The van der Waals surface area contributed by atoms with Crippen molar-refractivity contribution in [1.82, 2.24) is 10.6 Å². The molecule has 0 radical (unpaired) electrons. The molecule has 2 rings (SSSR count). The Balaban J connectivity index is 1.90. The molecule has 0 saturated carbocycles. The highest BCUT2D eigenvalue weighted by Crippen LogP contribution is 2.19. The molecule has 0 amide bonds. The summed E-state index contributed by atoms with van der Waals surface area (Å²) in [6.45, 7) is 2.63. The summed E-state index contributed by atoms with van der Waals surface area (Å²) in [6, 6.07) is 8.10. The number of benzene rings is 1.